The van der Waals surface area contributed by atoms with Crippen LogP contribution in [0.4, 0.5) is 16.2 Å². The smallest absolute Gasteiger partial charge is 0.340 e. The number of rotatable bonds is 8. The number of amides is 2. The molecule has 0 fully saturated rings. The van der Waals surface area contributed by atoms with E-state index in [-0.39, 0.29) is 0 Å². The van der Waals surface area contributed by atoms with Gasteiger partial charge in [0, 0.05) is 5.69 Å². The second-order valence-electron chi connectivity index (χ2n) is 5.57. The summed E-state index contributed by atoms with van der Waals surface area (Å²) in [5, 5.41) is 5.41. The largest absolute Gasteiger partial charge is 0.494 e. The third kappa shape index (κ3) is 5.81. The van der Waals surface area contributed by atoms with Gasteiger partial charge >= 0.3 is 12.0 Å². The maximum atomic E-state index is 12.2. The van der Waals surface area contributed by atoms with Gasteiger partial charge in [-0.2, -0.15) is 0 Å². The van der Waals surface area contributed by atoms with Crippen molar-refractivity contribution in [2.75, 3.05) is 23.8 Å². The molecular weight excluding hydrogens is 332 g/mol. The molecule has 0 aliphatic carbocycles. The van der Waals surface area contributed by atoms with Crippen LogP contribution in [-0.2, 0) is 4.74 Å². The molecule has 0 heterocycles. The van der Waals surface area contributed by atoms with Gasteiger partial charge < -0.3 is 20.1 Å². The summed E-state index contributed by atoms with van der Waals surface area (Å²) in [6.07, 6.45) is 1.75. The summed E-state index contributed by atoms with van der Waals surface area (Å²) in [5.41, 5.74) is 1.34. The van der Waals surface area contributed by atoms with Gasteiger partial charge in [0.05, 0.1) is 24.5 Å². The van der Waals surface area contributed by atoms with Crippen molar-refractivity contribution in [1.82, 2.24) is 0 Å². The fraction of sp³-hybridized carbons (Fsp3) is 0.300. The molecule has 6 nitrogen and oxygen atoms in total. The first kappa shape index (κ1) is 19.3. The molecule has 0 bridgehead atoms. The highest BCUT2D eigenvalue weighted by Crippen LogP contribution is 2.18. The first-order valence-electron chi connectivity index (χ1n) is 8.71. The van der Waals surface area contributed by atoms with E-state index in [9.17, 15) is 9.59 Å². The van der Waals surface area contributed by atoms with Crippen molar-refractivity contribution < 1.29 is 19.1 Å². The van der Waals surface area contributed by atoms with Crippen molar-refractivity contribution in [3.8, 4) is 5.75 Å². The number of para-hydroxylation sites is 1. The highest BCUT2D eigenvalue weighted by Gasteiger charge is 2.14. The zero-order valence-corrected chi connectivity index (χ0v) is 15.1. The number of nitrogens with one attached hydrogen (secondary N) is 2. The number of carbonyl (C=O) groups is 2. The first-order valence-corrected chi connectivity index (χ1v) is 8.71. The van der Waals surface area contributed by atoms with Crippen molar-refractivity contribution in [3.63, 3.8) is 0 Å². The molecular formula is C20H24N2O4. The van der Waals surface area contributed by atoms with Gasteiger partial charge in [0.25, 0.3) is 0 Å². The lowest BCUT2D eigenvalue weighted by Crippen LogP contribution is -2.21. The minimum absolute atomic E-state index is 0.324. The topological polar surface area (TPSA) is 76.7 Å². The summed E-state index contributed by atoms with van der Waals surface area (Å²) < 4.78 is 10.6. The number of carbonyl (C=O) groups excluding carboxylic acids is 2. The average molecular weight is 356 g/mol. The van der Waals surface area contributed by atoms with Crippen LogP contribution in [0.5, 0.6) is 5.75 Å². The molecule has 0 aromatic heterocycles. The Bertz CT molecular complexity index is 729. The van der Waals surface area contributed by atoms with Crippen LogP contribution in [0.2, 0.25) is 0 Å². The molecule has 2 aromatic carbocycles. The summed E-state index contributed by atoms with van der Waals surface area (Å²) in [7, 11) is 0. The van der Waals surface area contributed by atoms with Gasteiger partial charge in [0.1, 0.15) is 5.75 Å². The monoisotopic (exact) mass is 356 g/mol. The Kier molecular flexibility index (Phi) is 7.49. The van der Waals surface area contributed by atoms with Crippen LogP contribution in [-0.4, -0.2) is 25.2 Å². The Balaban J connectivity index is 1.99. The van der Waals surface area contributed by atoms with E-state index in [1.807, 2.05) is 13.8 Å². The molecule has 138 valence electrons. The summed E-state index contributed by atoms with van der Waals surface area (Å²) in [5.74, 6) is 0.286. The van der Waals surface area contributed by atoms with Gasteiger partial charge in [-0.05, 0) is 49.7 Å². The average Bonchev–Trinajstić information content (AvgIpc) is 2.64. The van der Waals surface area contributed by atoms with Crippen molar-refractivity contribution in [2.24, 2.45) is 0 Å². The van der Waals surface area contributed by atoms with E-state index < -0.39 is 12.0 Å². The Morgan fingerprint density at radius 3 is 2.38 bits per heavy atom. The maximum Gasteiger partial charge on any atom is 0.340 e. The van der Waals surface area contributed by atoms with E-state index >= 15 is 0 Å². The highest BCUT2D eigenvalue weighted by atomic mass is 16.5. The minimum Gasteiger partial charge on any atom is -0.494 e. The van der Waals surface area contributed by atoms with Gasteiger partial charge in [-0.15, -0.1) is 0 Å². The molecule has 2 amide bonds. The molecule has 2 rings (SSSR count). The molecule has 0 aliphatic heterocycles. The lowest BCUT2D eigenvalue weighted by Gasteiger charge is -2.12. The second kappa shape index (κ2) is 10.1. The van der Waals surface area contributed by atoms with Crippen molar-refractivity contribution in [3.05, 3.63) is 54.1 Å². The summed E-state index contributed by atoms with van der Waals surface area (Å²) in [6, 6.07) is 13.4. The van der Waals surface area contributed by atoms with Crippen LogP contribution < -0.4 is 15.4 Å². The Hall–Kier alpha value is -3.02. The van der Waals surface area contributed by atoms with Crippen molar-refractivity contribution in [2.45, 2.75) is 26.7 Å². The molecule has 0 atom stereocenters. The molecule has 26 heavy (non-hydrogen) atoms. The molecule has 0 aliphatic rings. The molecule has 0 radical (unpaired) electrons. The van der Waals surface area contributed by atoms with E-state index in [1.165, 1.54) is 0 Å². The number of hydrogen-bond acceptors (Lipinski definition) is 4. The van der Waals surface area contributed by atoms with Crippen LogP contribution >= 0.6 is 0 Å². The predicted octanol–water partition coefficient (Wildman–Crippen LogP) is 4.69. The van der Waals surface area contributed by atoms with Gasteiger partial charge in [-0.1, -0.05) is 25.5 Å². The normalized spacial score (nSPS) is 10.1. The van der Waals surface area contributed by atoms with Crippen LogP contribution in [0.3, 0.4) is 0 Å². The quantitative estimate of drug-likeness (QED) is 0.531. The molecule has 0 spiro atoms. The third-order valence-corrected chi connectivity index (χ3v) is 3.55. The number of anilines is 2. The molecule has 0 unspecified atom stereocenters. The Morgan fingerprint density at radius 2 is 1.69 bits per heavy atom. The van der Waals surface area contributed by atoms with Gasteiger partial charge in [0.15, 0.2) is 0 Å². The zero-order chi connectivity index (χ0) is 18.8. The Morgan fingerprint density at radius 1 is 0.962 bits per heavy atom. The predicted molar refractivity (Wildman–Crippen MR) is 102 cm³/mol. The summed E-state index contributed by atoms with van der Waals surface area (Å²) in [6.45, 7) is 4.87. The number of unbranched alkanes of at least 4 members (excludes halogenated alkanes) is 1. The molecule has 0 saturated carbocycles. The standard InChI is InChI=1S/C20H24N2O4/c1-3-5-14-26-19(23)17-8-6-7-9-18(17)22-20(24)21-15-10-12-16(13-11-15)25-4-2/h6-13H,3-5,14H2,1-2H3,(H2,21,22,24). The van der Waals surface area contributed by atoms with E-state index in [0.29, 0.717) is 30.2 Å². The van der Waals surface area contributed by atoms with E-state index in [2.05, 4.69) is 10.6 Å². The third-order valence-electron chi connectivity index (χ3n) is 3.55. The number of ether oxygens (including phenoxy) is 2. The second-order valence-corrected chi connectivity index (χ2v) is 5.57. The number of esters is 1. The SMILES string of the molecule is CCCCOC(=O)c1ccccc1NC(=O)Nc1ccc(OCC)cc1. The van der Waals surface area contributed by atoms with E-state index in [1.54, 1.807) is 48.5 Å². The number of hydrogen-bond donors (Lipinski definition) is 2. The van der Waals surface area contributed by atoms with Crippen LogP contribution in [0, 0.1) is 0 Å². The van der Waals surface area contributed by atoms with Crippen LogP contribution in [0.1, 0.15) is 37.0 Å². The maximum absolute atomic E-state index is 12.2. The molecule has 2 aromatic rings. The molecule has 2 N–H and O–H groups in total. The lowest BCUT2D eigenvalue weighted by molar-refractivity contribution is 0.0501. The van der Waals surface area contributed by atoms with Gasteiger partial charge in [0.2, 0.25) is 0 Å². The van der Waals surface area contributed by atoms with E-state index in [0.717, 1.165) is 18.6 Å². The number of urea groups is 1. The molecule has 0 saturated heterocycles. The minimum atomic E-state index is -0.449. The van der Waals surface area contributed by atoms with Crippen LogP contribution in [0.25, 0.3) is 0 Å². The van der Waals surface area contributed by atoms with E-state index in [4.69, 9.17) is 9.47 Å². The fourth-order valence-corrected chi connectivity index (χ4v) is 2.24. The summed E-state index contributed by atoms with van der Waals surface area (Å²) in [4.78, 5) is 24.4. The van der Waals surface area contributed by atoms with Crippen molar-refractivity contribution in [1.29, 1.82) is 0 Å². The zero-order valence-electron chi connectivity index (χ0n) is 15.1. The summed E-state index contributed by atoms with van der Waals surface area (Å²) >= 11 is 0. The Labute approximate surface area is 153 Å². The highest BCUT2D eigenvalue weighted by molar-refractivity contribution is 6.05. The van der Waals surface area contributed by atoms with Gasteiger partial charge in [-0.3, -0.25) is 0 Å². The number of benzene rings is 2. The first-order chi connectivity index (χ1) is 12.6. The molecule has 6 heteroatoms. The van der Waals surface area contributed by atoms with Crippen LogP contribution in [0.15, 0.2) is 48.5 Å². The lowest BCUT2D eigenvalue weighted by atomic mass is 10.2. The van der Waals surface area contributed by atoms with Gasteiger partial charge in [-0.25, -0.2) is 9.59 Å². The van der Waals surface area contributed by atoms with Crippen molar-refractivity contribution >= 4 is 23.4 Å². The fourth-order valence-electron chi connectivity index (χ4n) is 2.24.